The summed E-state index contributed by atoms with van der Waals surface area (Å²) in [6.45, 7) is 5.70. The van der Waals surface area contributed by atoms with Crippen LogP contribution in [0.2, 0.25) is 5.02 Å². The second kappa shape index (κ2) is 10.9. The Bertz CT molecular complexity index is 1280. The first-order valence-electron chi connectivity index (χ1n) is 11.2. The number of rotatable bonds is 4. The number of halogens is 1. The topological polar surface area (TPSA) is 99.9 Å². The monoisotopic (exact) mass is 474 g/mol. The number of fused-ring (bicyclic) bond motifs is 1. The molecular weight excluding hydrogens is 448 g/mol. The zero-order chi connectivity index (χ0) is 23.9. The molecule has 0 atom stereocenters. The van der Waals surface area contributed by atoms with Gasteiger partial charge in [0.2, 0.25) is 11.9 Å². The zero-order valence-corrected chi connectivity index (χ0v) is 19.6. The third kappa shape index (κ3) is 5.55. The summed E-state index contributed by atoms with van der Waals surface area (Å²) in [7, 11) is 0. The number of piperidine rings is 1. The van der Waals surface area contributed by atoms with E-state index in [1.165, 1.54) is 37.2 Å². The Hall–Kier alpha value is -3.84. The second-order valence-electron chi connectivity index (χ2n) is 7.96. The van der Waals surface area contributed by atoms with Crippen LogP contribution in [0.25, 0.3) is 22.2 Å². The van der Waals surface area contributed by atoms with E-state index in [9.17, 15) is 4.79 Å². The Morgan fingerprint density at radius 1 is 1.12 bits per heavy atom. The Morgan fingerprint density at radius 3 is 2.59 bits per heavy atom. The lowest BCUT2D eigenvalue weighted by Gasteiger charge is -2.28. The number of nitrogens with one attached hydrogen (secondary N) is 2. The molecule has 4 aromatic rings. The van der Waals surface area contributed by atoms with Gasteiger partial charge in [-0.2, -0.15) is 0 Å². The van der Waals surface area contributed by atoms with Gasteiger partial charge in [0.25, 0.3) is 0 Å². The van der Waals surface area contributed by atoms with E-state index in [0.717, 1.165) is 35.2 Å². The molecule has 2 aromatic carbocycles. The van der Waals surface area contributed by atoms with Crippen LogP contribution in [-0.2, 0) is 4.79 Å². The van der Waals surface area contributed by atoms with Gasteiger partial charge in [0.05, 0.1) is 16.9 Å². The number of para-hydroxylation sites is 1. The molecule has 0 radical (unpaired) electrons. The summed E-state index contributed by atoms with van der Waals surface area (Å²) in [6.07, 6.45) is 8.55. The summed E-state index contributed by atoms with van der Waals surface area (Å²) >= 11 is 6.09. The molecule has 1 aliphatic heterocycles. The number of carbonyl (C=O) groups excluding carboxylic acids is 1. The van der Waals surface area contributed by atoms with E-state index >= 15 is 0 Å². The number of H-pyrrole nitrogens is 1. The van der Waals surface area contributed by atoms with Gasteiger partial charge >= 0.3 is 0 Å². The highest BCUT2D eigenvalue weighted by atomic mass is 35.5. The zero-order valence-electron chi connectivity index (χ0n) is 18.8. The molecule has 2 aromatic heterocycles. The molecule has 5 rings (SSSR count). The summed E-state index contributed by atoms with van der Waals surface area (Å²) in [6, 6.07) is 15.9. The normalized spacial score (nSPS) is 13.1. The molecule has 0 unspecified atom stereocenters. The predicted octanol–water partition coefficient (Wildman–Crippen LogP) is 5.66. The number of anilines is 3. The summed E-state index contributed by atoms with van der Waals surface area (Å²) in [5, 5.41) is 4.30. The van der Waals surface area contributed by atoms with Crippen molar-refractivity contribution in [2.24, 2.45) is 0 Å². The van der Waals surface area contributed by atoms with E-state index in [4.69, 9.17) is 17.3 Å². The Balaban J connectivity index is 0.000000161. The number of amides is 1. The van der Waals surface area contributed by atoms with Gasteiger partial charge in [-0.1, -0.05) is 36.4 Å². The molecule has 4 N–H and O–H groups in total. The van der Waals surface area contributed by atoms with Gasteiger partial charge in [-0.15, -0.1) is 0 Å². The molecule has 174 valence electrons. The smallest absolute Gasteiger partial charge is 0.247 e. The number of benzene rings is 2. The van der Waals surface area contributed by atoms with Crippen molar-refractivity contribution in [2.75, 3.05) is 29.0 Å². The van der Waals surface area contributed by atoms with Gasteiger partial charge in [-0.05, 0) is 55.7 Å². The molecule has 0 aliphatic carbocycles. The first kappa shape index (κ1) is 23.3. The van der Waals surface area contributed by atoms with Crippen LogP contribution in [0.1, 0.15) is 19.3 Å². The van der Waals surface area contributed by atoms with Gasteiger partial charge in [-0.3, -0.25) is 4.79 Å². The van der Waals surface area contributed by atoms with E-state index in [2.05, 4.69) is 43.9 Å². The van der Waals surface area contributed by atoms with Crippen LogP contribution in [0.5, 0.6) is 0 Å². The first-order chi connectivity index (χ1) is 16.5. The SMILES string of the molecule is C=CC(=O)Nc1ccc(N2CCCCC2)cc1.Nc1ncc(Cl)c(-c2c[nH]c3ccccc23)n1. The number of nitrogen functional groups attached to an aromatic ring is 1. The fraction of sp³-hybridized carbons (Fsp3) is 0.192. The number of aromatic nitrogens is 3. The minimum Gasteiger partial charge on any atom is -0.372 e. The third-order valence-electron chi connectivity index (χ3n) is 5.65. The van der Waals surface area contributed by atoms with Crippen LogP contribution in [0.3, 0.4) is 0 Å². The van der Waals surface area contributed by atoms with Gasteiger partial charge < -0.3 is 20.9 Å². The molecule has 34 heavy (non-hydrogen) atoms. The molecule has 1 amide bonds. The number of nitrogens with two attached hydrogens (primary N) is 1. The maximum absolute atomic E-state index is 11.1. The van der Waals surface area contributed by atoms with Crippen molar-refractivity contribution in [1.29, 1.82) is 0 Å². The van der Waals surface area contributed by atoms with Crippen molar-refractivity contribution in [1.82, 2.24) is 15.0 Å². The van der Waals surface area contributed by atoms with Crippen LogP contribution < -0.4 is 16.0 Å². The number of nitrogens with zero attached hydrogens (tertiary/aromatic N) is 3. The van der Waals surface area contributed by atoms with Crippen LogP contribution in [-0.4, -0.2) is 33.9 Å². The van der Waals surface area contributed by atoms with Gasteiger partial charge in [0, 0.05) is 47.1 Å². The van der Waals surface area contributed by atoms with Crippen molar-refractivity contribution in [2.45, 2.75) is 19.3 Å². The Kier molecular flexibility index (Phi) is 7.44. The second-order valence-corrected chi connectivity index (χ2v) is 8.37. The van der Waals surface area contributed by atoms with Crippen molar-refractivity contribution in [3.05, 3.63) is 78.6 Å². The number of hydrogen-bond donors (Lipinski definition) is 3. The highest BCUT2D eigenvalue weighted by Gasteiger charge is 2.12. The Morgan fingerprint density at radius 2 is 1.85 bits per heavy atom. The van der Waals surface area contributed by atoms with Crippen LogP contribution in [0.4, 0.5) is 17.3 Å². The molecular formula is C26H27ClN6O. The maximum Gasteiger partial charge on any atom is 0.247 e. The molecule has 3 heterocycles. The lowest BCUT2D eigenvalue weighted by molar-refractivity contribution is -0.111. The van der Waals surface area contributed by atoms with Crippen molar-refractivity contribution >= 4 is 45.7 Å². The van der Waals surface area contributed by atoms with Crippen molar-refractivity contribution < 1.29 is 4.79 Å². The molecule has 1 fully saturated rings. The predicted molar refractivity (Wildman–Crippen MR) is 140 cm³/mol. The quantitative estimate of drug-likeness (QED) is 0.331. The van der Waals surface area contributed by atoms with E-state index < -0.39 is 0 Å². The van der Waals surface area contributed by atoms with Crippen LogP contribution in [0, 0.1) is 0 Å². The lowest BCUT2D eigenvalue weighted by Crippen LogP contribution is -2.29. The standard InChI is InChI=1S/C14H18N2O.C12H9ClN4/c1-2-14(17)15-12-6-8-13(9-7-12)16-10-4-3-5-11-16;13-9-6-16-12(14)17-11(9)8-5-15-10-4-2-1-3-7(8)10/h2,6-9H,1,3-5,10-11H2,(H,15,17);1-6,15H,(H2,14,16,17). The highest BCUT2D eigenvalue weighted by Crippen LogP contribution is 2.31. The number of aromatic amines is 1. The fourth-order valence-corrected chi connectivity index (χ4v) is 4.13. The summed E-state index contributed by atoms with van der Waals surface area (Å²) in [5.74, 6) is 0.0467. The van der Waals surface area contributed by atoms with Gasteiger partial charge in [-0.25, -0.2) is 9.97 Å². The number of carbonyl (C=O) groups is 1. The molecule has 1 saturated heterocycles. The van der Waals surface area contributed by atoms with E-state index in [1.54, 1.807) is 0 Å². The van der Waals surface area contributed by atoms with Gasteiger partial charge in [0.1, 0.15) is 0 Å². The summed E-state index contributed by atoms with van der Waals surface area (Å²) in [4.78, 5) is 24.7. The average Bonchev–Trinajstić information content (AvgIpc) is 3.31. The minimum absolute atomic E-state index is 0.171. The summed E-state index contributed by atoms with van der Waals surface area (Å²) in [5.41, 5.74) is 10.3. The van der Waals surface area contributed by atoms with Crippen molar-refractivity contribution in [3.63, 3.8) is 0 Å². The van der Waals surface area contributed by atoms with Crippen molar-refractivity contribution in [3.8, 4) is 11.3 Å². The molecule has 8 heteroatoms. The highest BCUT2D eigenvalue weighted by molar-refractivity contribution is 6.33. The Labute approximate surface area is 203 Å². The van der Waals surface area contributed by atoms with E-state index in [-0.39, 0.29) is 11.9 Å². The van der Waals surface area contributed by atoms with Crippen LogP contribution in [0.15, 0.2) is 73.6 Å². The van der Waals surface area contributed by atoms with E-state index in [1.807, 2.05) is 42.6 Å². The van der Waals surface area contributed by atoms with Crippen LogP contribution >= 0.6 is 11.6 Å². The number of hydrogen-bond acceptors (Lipinski definition) is 5. The maximum atomic E-state index is 11.1. The summed E-state index contributed by atoms with van der Waals surface area (Å²) < 4.78 is 0. The van der Waals surface area contributed by atoms with E-state index in [0.29, 0.717) is 10.7 Å². The fourth-order valence-electron chi connectivity index (χ4n) is 3.94. The molecule has 0 spiro atoms. The molecule has 0 saturated carbocycles. The lowest BCUT2D eigenvalue weighted by atomic mass is 10.1. The molecule has 7 nitrogen and oxygen atoms in total. The van der Waals surface area contributed by atoms with Gasteiger partial charge in [0.15, 0.2) is 0 Å². The molecule has 1 aliphatic rings. The molecule has 0 bridgehead atoms. The average molecular weight is 475 g/mol. The first-order valence-corrected chi connectivity index (χ1v) is 11.6. The largest absolute Gasteiger partial charge is 0.372 e. The third-order valence-corrected chi connectivity index (χ3v) is 5.93. The minimum atomic E-state index is -0.171.